The van der Waals surface area contributed by atoms with Crippen LogP contribution >= 0.6 is 0 Å². The van der Waals surface area contributed by atoms with Gasteiger partial charge in [-0.05, 0) is 70.6 Å². The second-order valence-corrected chi connectivity index (χ2v) is 19.7. The van der Waals surface area contributed by atoms with Gasteiger partial charge in [0.05, 0.1) is 32.0 Å². The monoisotopic (exact) mass is 1020 g/mol. The summed E-state index contributed by atoms with van der Waals surface area (Å²) in [6.45, 7) is 2.65. The number of rotatable bonds is 43. The maximum absolute atomic E-state index is 13.2. The largest absolute Gasteiger partial charge is 0.394 e. The van der Waals surface area contributed by atoms with E-state index in [1.54, 1.807) is 6.08 Å². The van der Waals surface area contributed by atoms with Crippen molar-refractivity contribution in [2.24, 2.45) is 0 Å². The Hall–Kier alpha value is -2.57. The predicted molar refractivity (Wildman–Crippen MR) is 286 cm³/mol. The number of carbonyl (C=O) groups is 1. The van der Waals surface area contributed by atoms with Gasteiger partial charge in [-0.2, -0.15) is 0 Å². The first-order valence-corrected chi connectivity index (χ1v) is 28.2. The summed E-state index contributed by atoms with van der Waals surface area (Å²) in [4.78, 5) is 13.2. The molecule has 0 saturated carbocycles. The highest BCUT2D eigenvalue weighted by Crippen LogP contribution is 2.30. The van der Waals surface area contributed by atoms with Crippen molar-refractivity contribution in [3.63, 3.8) is 0 Å². The van der Waals surface area contributed by atoms with Crippen molar-refractivity contribution in [2.45, 2.75) is 267 Å². The number of unbranched alkanes of at least 4 members (excludes halogenated alkanes) is 20. The van der Waals surface area contributed by atoms with E-state index in [4.69, 9.17) is 18.9 Å². The summed E-state index contributed by atoms with van der Waals surface area (Å²) in [5, 5.41) is 86.9. The van der Waals surface area contributed by atoms with Crippen LogP contribution in [-0.4, -0.2) is 140 Å². The average molecular weight is 1020 g/mol. The Morgan fingerprint density at radius 1 is 0.514 bits per heavy atom. The summed E-state index contributed by atoms with van der Waals surface area (Å²) in [5.74, 6) is -0.261. The minimum absolute atomic E-state index is 0.260. The lowest BCUT2D eigenvalue weighted by molar-refractivity contribution is -0.359. The van der Waals surface area contributed by atoms with Gasteiger partial charge in [0.25, 0.3) is 0 Å². The third-order valence-electron chi connectivity index (χ3n) is 13.4. The van der Waals surface area contributed by atoms with Crippen LogP contribution in [0.1, 0.15) is 194 Å². The first-order chi connectivity index (χ1) is 35.1. The fourth-order valence-electron chi connectivity index (χ4n) is 8.83. The summed E-state index contributed by atoms with van der Waals surface area (Å²) < 4.78 is 22.7. The second kappa shape index (κ2) is 43.6. The molecule has 2 fully saturated rings. The minimum Gasteiger partial charge on any atom is -0.394 e. The molecule has 2 rings (SSSR count). The first-order valence-electron chi connectivity index (χ1n) is 28.2. The molecule has 2 heterocycles. The van der Waals surface area contributed by atoms with Crippen molar-refractivity contribution < 1.29 is 64.6 Å². The van der Waals surface area contributed by atoms with Gasteiger partial charge in [0, 0.05) is 6.42 Å². The molecule has 0 aromatic rings. The summed E-state index contributed by atoms with van der Waals surface area (Å²) >= 11 is 0. The number of amides is 1. The van der Waals surface area contributed by atoms with E-state index in [-0.39, 0.29) is 18.9 Å². The SMILES string of the molecule is CC/C=C\C/C=C\C/C=C\C/C=C\CCCCCCCCCCC(=O)NC(COC1OC(CO)C(OC2OC(CO)C(O)C(O)C2O)C(O)C1O)C(O)/C=C/CC/C=C/CCCCCCCCCCCCC. The van der Waals surface area contributed by atoms with Gasteiger partial charge in [-0.3, -0.25) is 4.79 Å². The molecule has 0 radical (unpaired) electrons. The molecule has 9 N–H and O–H groups in total. The smallest absolute Gasteiger partial charge is 0.220 e. The van der Waals surface area contributed by atoms with Crippen molar-refractivity contribution in [3.05, 3.63) is 72.9 Å². The number of allylic oxidation sites excluding steroid dienone is 11. The van der Waals surface area contributed by atoms with Crippen LogP contribution in [-0.2, 0) is 23.7 Å². The van der Waals surface area contributed by atoms with Gasteiger partial charge in [-0.15, -0.1) is 0 Å². The molecule has 0 aliphatic carbocycles. The second-order valence-electron chi connectivity index (χ2n) is 19.7. The van der Waals surface area contributed by atoms with Gasteiger partial charge >= 0.3 is 0 Å². The predicted octanol–water partition coefficient (Wildman–Crippen LogP) is 8.77. The van der Waals surface area contributed by atoms with Crippen LogP contribution < -0.4 is 5.32 Å². The van der Waals surface area contributed by atoms with Crippen LogP contribution in [0.3, 0.4) is 0 Å². The summed E-state index contributed by atoms with van der Waals surface area (Å²) in [7, 11) is 0. The molecule has 2 aliphatic rings. The summed E-state index contributed by atoms with van der Waals surface area (Å²) in [6.07, 6.45) is 39.3. The van der Waals surface area contributed by atoms with Gasteiger partial charge < -0.3 is 65.1 Å². The summed E-state index contributed by atoms with van der Waals surface area (Å²) in [6, 6.07) is -0.939. The maximum Gasteiger partial charge on any atom is 0.220 e. The van der Waals surface area contributed by atoms with Crippen LogP contribution in [0.25, 0.3) is 0 Å². The third-order valence-corrected chi connectivity index (χ3v) is 13.4. The van der Waals surface area contributed by atoms with Gasteiger partial charge in [0.2, 0.25) is 5.91 Å². The van der Waals surface area contributed by atoms with Crippen molar-refractivity contribution in [1.82, 2.24) is 5.32 Å². The number of hydrogen-bond acceptors (Lipinski definition) is 13. The maximum atomic E-state index is 13.2. The Bertz CT molecular complexity index is 1480. The van der Waals surface area contributed by atoms with Crippen molar-refractivity contribution in [1.29, 1.82) is 0 Å². The highest BCUT2D eigenvalue weighted by molar-refractivity contribution is 5.76. The number of hydrogen-bond donors (Lipinski definition) is 9. The molecule has 2 aliphatic heterocycles. The van der Waals surface area contributed by atoms with Crippen molar-refractivity contribution in [2.75, 3.05) is 19.8 Å². The first kappa shape index (κ1) is 65.5. The number of ether oxygens (including phenoxy) is 4. The van der Waals surface area contributed by atoms with Crippen LogP contribution in [0.5, 0.6) is 0 Å². The molecule has 0 spiro atoms. The number of aliphatic hydroxyl groups excluding tert-OH is 8. The minimum atomic E-state index is -1.79. The van der Waals surface area contributed by atoms with Gasteiger partial charge in [-0.1, -0.05) is 189 Å². The molecule has 14 heteroatoms. The average Bonchev–Trinajstić information content (AvgIpc) is 3.38. The van der Waals surface area contributed by atoms with Crippen LogP contribution in [0.15, 0.2) is 72.9 Å². The molecule has 0 aromatic carbocycles. The van der Waals surface area contributed by atoms with Crippen molar-refractivity contribution in [3.8, 4) is 0 Å². The van der Waals surface area contributed by atoms with Crippen LogP contribution in [0, 0.1) is 0 Å². The number of nitrogens with one attached hydrogen (secondary N) is 1. The van der Waals surface area contributed by atoms with E-state index in [0.717, 1.165) is 70.6 Å². The Labute approximate surface area is 434 Å². The fraction of sp³-hybridized carbons (Fsp3) is 0.776. The van der Waals surface area contributed by atoms with Gasteiger partial charge in [0.15, 0.2) is 12.6 Å². The Morgan fingerprint density at radius 3 is 1.53 bits per heavy atom. The quantitative estimate of drug-likeness (QED) is 0.0206. The summed E-state index contributed by atoms with van der Waals surface area (Å²) in [5.41, 5.74) is 0. The highest BCUT2D eigenvalue weighted by Gasteiger charge is 2.51. The van der Waals surface area contributed by atoms with Gasteiger partial charge in [0.1, 0.15) is 48.8 Å². The molecule has 12 atom stereocenters. The van der Waals surface area contributed by atoms with E-state index >= 15 is 0 Å². The van der Waals surface area contributed by atoms with Crippen LogP contribution in [0.4, 0.5) is 0 Å². The molecule has 72 heavy (non-hydrogen) atoms. The molecular weight excluding hydrogens is 919 g/mol. The lowest BCUT2D eigenvalue weighted by atomic mass is 9.97. The van der Waals surface area contributed by atoms with E-state index in [9.17, 15) is 45.6 Å². The molecule has 14 nitrogen and oxygen atoms in total. The molecule has 1 amide bonds. The Kier molecular flexibility index (Phi) is 39.7. The molecular formula is C58H101NO13. The number of aliphatic hydroxyl groups is 8. The number of carbonyl (C=O) groups excluding carboxylic acids is 1. The van der Waals surface area contributed by atoms with E-state index in [1.807, 2.05) is 6.08 Å². The molecule has 2 saturated heterocycles. The molecule has 0 bridgehead atoms. The Balaban J connectivity index is 1.82. The molecule has 0 aromatic heterocycles. The molecule has 12 unspecified atom stereocenters. The standard InChI is InChI=1S/C58H101NO13/c1-3-5-7-9-11-13-15-17-19-21-22-23-24-26-28-30-32-34-36-38-40-42-50(63)59-46(47(62)41-39-37-35-33-31-29-27-25-20-18-16-14-12-10-8-6-4-2)45-69-57-55(68)53(66)56(49(44-61)71-57)72-58-54(67)52(65)51(64)48(43-60)70-58/h5,7,11,13,17,19,22-23,31,33,39,41,46-49,51-58,60-62,64-68H,3-4,6,8-10,12,14-16,18,20-21,24-30,32,34-38,40,42-45H2,1-2H3,(H,59,63)/b7-5-,13-11-,19-17-,23-22-,33-31+,41-39+. The van der Waals surface area contributed by atoms with Gasteiger partial charge in [-0.25, -0.2) is 0 Å². The van der Waals surface area contributed by atoms with E-state index in [2.05, 4.69) is 79.9 Å². The zero-order valence-electron chi connectivity index (χ0n) is 44.4. The fourth-order valence-corrected chi connectivity index (χ4v) is 8.83. The molecule has 416 valence electrons. The lowest BCUT2D eigenvalue weighted by Crippen LogP contribution is -2.65. The Morgan fingerprint density at radius 2 is 0.972 bits per heavy atom. The zero-order chi connectivity index (χ0) is 52.4. The normalized spacial score (nSPS) is 26.1. The third kappa shape index (κ3) is 29.5. The van der Waals surface area contributed by atoms with E-state index < -0.39 is 86.8 Å². The van der Waals surface area contributed by atoms with Crippen molar-refractivity contribution >= 4 is 5.91 Å². The van der Waals surface area contributed by atoms with E-state index in [1.165, 1.54) is 89.9 Å². The lowest BCUT2D eigenvalue weighted by Gasteiger charge is -2.46. The highest BCUT2D eigenvalue weighted by atomic mass is 16.7. The zero-order valence-corrected chi connectivity index (χ0v) is 44.4. The topological polar surface area (TPSA) is 228 Å². The van der Waals surface area contributed by atoms with Crippen LogP contribution in [0.2, 0.25) is 0 Å². The van der Waals surface area contributed by atoms with E-state index in [0.29, 0.717) is 12.8 Å².